The van der Waals surface area contributed by atoms with Crippen LogP contribution in [0, 0.1) is 17.8 Å². The van der Waals surface area contributed by atoms with Crippen LogP contribution in [0.25, 0.3) is 0 Å². The summed E-state index contributed by atoms with van der Waals surface area (Å²) < 4.78 is 20.7. The summed E-state index contributed by atoms with van der Waals surface area (Å²) in [5.41, 5.74) is 1.07. The molecule has 26 heavy (non-hydrogen) atoms. The highest BCUT2D eigenvalue weighted by molar-refractivity contribution is 7.66. The van der Waals surface area contributed by atoms with E-state index >= 15 is 0 Å². The molecule has 1 fully saturated rings. The van der Waals surface area contributed by atoms with Crippen LogP contribution in [0.2, 0.25) is 0 Å². The van der Waals surface area contributed by atoms with Crippen LogP contribution in [0.1, 0.15) is 45.6 Å². The summed E-state index contributed by atoms with van der Waals surface area (Å²) in [6.07, 6.45) is 3.97. The molecule has 0 amide bonds. The SMILES string of the molecule is CC(C)[C@@H]1CC[C@@H](C)C[C@H]1OP(=O)(Cc1ccccc1)c1ccccc1. The first-order valence-electron chi connectivity index (χ1n) is 9.85. The van der Waals surface area contributed by atoms with Gasteiger partial charge in [-0.15, -0.1) is 0 Å². The summed E-state index contributed by atoms with van der Waals surface area (Å²) in [5.74, 6) is 1.67. The predicted molar refractivity (Wildman–Crippen MR) is 110 cm³/mol. The lowest BCUT2D eigenvalue weighted by molar-refractivity contribution is 0.0496. The van der Waals surface area contributed by atoms with E-state index in [0.29, 0.717) is 23.9 Å². The van der Waals surface area contributed by atoms with Gasteiger partial charge >= 0.3 is 0 Å². The normalized spacial score (nSPS) is 25.8. The van der Waals surface area contributed by atoms with Crippen molar-refractivity contribution in [2.24, 2.45) is 17.8 Å². The molecule has 1 saturated carbocycles. The molecular formula is C23H31O2P. The van der Waals surface area contributed by atoms with Crippen LogP contribution in [-0.4, -0.2) is 6.10 Å². The molecule has 2 nitrogen and oxygen atoms in total. The van der Waals surface area contributed by atoms with Gasteiger partial charge in [0.25, 0.3) is 0 Å². The Kier molecular flexibility index (Phi) is 6.37. The fraction of sp³-hybridized carbons (Fsp3) is 0.478. The molecule has 1 aliphatic carbocycles. The van der Waals surface area contributed by atoms with E-state index in [0.717, 1.165) is 17.3 Å². The minimum absolute atomic E-state index is 0.0773. The van der Waals surface area contributed by atoms with Crippen molar-refractivity contribution in [3.05, 3.63) is 66.2 Å². The van der Waals surface area contributed by atoms with Gasteiger partial charge in [0.2, 0.25) is 7.37 Å². The Labute approximate surface area is 158 Å². The molecule has 0 heterocycles. The van der Waals surface area contributed by atoms with Gasteiger partial charge in [-0.2, -0.15) is 0 Å². The third kappa shape index (κ3) is 4.67. The standard InChI is InChI=1S/C23H31O2P/c1-18(2)22-15-14-19(3)16-23(22)25-26(24,21-12-8-5-9-13-21)17-20-10-6-4-7-11-20/h4-13,18-19,22-23H,14-17H2,1-3H3/t19-,22+,23-,26?/m1/s1. The first-order valence-corrected chi connectivity index (χ1v) is 11.7. The Morgan fingerprint density at radius 2 is 1.62 bits per heavy atom. The molecule has 140 valence electrons. The number of rotatable bonds is 6. The minimum Gasteiger partial charge on any atom is -0.321 e. The zero-order valence-electron chi connectivity index (χ0n) is 16.2. The molecule has 1 unspecified atom stereocenters. The van der Waals surface area contributed by atoms with Crippen LogP contribution in [0.4, 0.5) is 0 Å². The third-order valence-electron chi connectivity index (χ3n) is 5.65. The molecule has 0 radical (unpaired) electrons. The summed E-state index contributed by atoms with van der Waals surface area (Å²) in [5, 5.41) is 0.838. The van der Waals surface area contributed by atoms with Crippen molar-refractivity contribution >= 4 is 12.7 Å². The molecule has 3 heteroatoms. The third-order valence-corrected chi connectivity index (χ3v) is 8.13. The van der Waals surface area contributed by atoms with Gasteiger partial charge in [-0.25, -0.2) is 0 Å². The second kappa shape index (κ2) is 8.55. The zero-order valence-corrected chi connectivity index (χ0v) is 17.1. The van der Waals surface area contributed by atoms with Crippen molar-refractivity contribution in [1.82, 2.24) is 0 Å². The summed E-state index contributed by atoms with van der Waals surface area (Å²) >= 11 is 0. The Morgan fingerprint density at radius 3 is 2.23 bits per heavy atom. The van der Waals surface area contributed by atoms with Crippen molar-refractivity contribution in [1.29, 1.82) is 0 Å². The molecular weight excluding hydrogens is 339 g/mol. The average molecular weight is 370 g/mol. The maximum atomic E-state index is 14.1. The van der Waals surface area contributed by atoms with Crippen molar-refractivity contribution in [3.8, 4) is 0 Å². The molecule has 2 aromatic rings. The maximum absolute atomic E-state index is 14.1. The molecule has 0 aromatic heterocycles. The lowest BCUT2D eigenvalue weighted by Crippen LogP contribution is -2.34. The van der Waals surface area contributed by atoms with E-state index in [1.165, 1.54) is 12.8 Å². The van der Waals surface area contributed by atoms with Crippen molar-refractivity contribution in [3.63, 3.8) is 0 Å². The molecule has 3 rings (SSSR count). The van der Waals surface area contributed by atoms with Gasteiger partial charge in [-0.3, -0.25) is 4.57 Å². The first kappa shape index (κ1) is 19.4. The average Bonchev–Trinajstić information content (AvgIpc) is 2.63. The number of benzene rings is 2. The molecule has 0 bridgehead atoms. The largest absolute Gasteiger partial charge is 0.321 e. The Bertz CT molecular complexity index is 726. The quantitative estimate of drug-likeness (QED) is 0.560. The van der Waals surface area contributed by atoms with E-state index in [4.69, 9.17) is 4.52 Å². The number of hydrogen-bond donors (Lipinski definition) is 0. The fourth-order valence-corrected chi connectivity index (χ4v) is 6.50. The van der Waals surface area contributed by atoms with Crippen LogP contribution in [-0.2, 0) is 15.3 Å². The van der Waals surface area contributed by atoms with Gasteiger partial charge in [0, 0.05) is 5.30 Å². The van der Waals surface area contributed by atoms with Gasteiger partial charge < -0.3 is 4.52 Å². The highest BCUT2D eigenvalue weighted by atomic mass is 31.2. The lowest BCUT2D eigenvalue weighted by Gasteiger charge is -2.39. The van der Waals surface area contributed by atoms with E-state index < -0.39 is 7.37 Å². The minimum atomic E-state index is -2.97. The summed E-state index contributed by atoms with van der Waals surface area (Å²) in [6.45, 7) is 6.82. The first-order chi connectivity index (χ1) is 12.5. The molecule has 0 N–H and O–H groups in total. The second-order valence-corrected chi connectivity index (χ2v) is 10.5. The molecule has 0 aliphatic heterocycles. The molecule has 0 spiro atoms. The highest BCUT2D eigenvalue weighted by Crippen LogP contribution is 2.53. The Hall–Kier alpha value is -1.37. The van der Waals surface area contributed by atoms with Crippen molar-refractivity contribution < 1.29 is 9.09 Å². The van der Waals surface area contributed by atoms with Crippen LogP contribution in [0.15, 0.2) is 60.7 Å². The van der Waals surface area contributed by atoms with E-state index in [1.807, 2.05) is 60.7 Å². The smallest absolute Gasteiger partial charge is 0.236 e. The van der Waals surface area contributed by atoms with E-state index in [9.17, 15) is 4.57 Å². The van der Waals surface area contributed by atoms with Gasteiger partial charge in [0.1, 0.15) is 0 Å². The van der Waals surface area contributed by atoms with Gasteiger partial charge in [0.05, 0.1) is 12.3 Å². The second-order valence-electron chi connectivity index (χ2n) is 8.12. The summed E-state index contributed by atoms with van der Waals surface area (Å²) in [6, 6.07) is 19.9. The van der Waals surface area contributed by atoms with E-state index in [1.54, 1.807) is 0 Å². The zero-order chi connectivity index (χ0) is 18.6. The molecule has 0 saturated heterocycles. The summed E-state index contributed by atoms with van der Waals surface area (Å²) in [4.78, 5) is 0. The molecule has 1 aliphatic rings. The Morgan fingerprint density at radius 1 is 1.00 bits per heavy atom. The number of hydrogen-bond acceptors (Lipinski definition) is 2. The predicted octanol–water partition coefficient (Wildman–Crippen LogP) is 6.27. The monoisotopic (exact) mass is 370 g/mol. The van der Waals surface area contributed by atoms with Crippen LogP contribution >= 0.6 is 7.37 Å². The van der Waals surface area contributed by atoms with E-state index in [-0.39, 0.29) is 6.10 Å². The highest BCUT2D eigenvalue weighted by Gasteiger charge is 2.37. The lowest BCUT2D eigenvalue weighted by atomic mass is 9.75. The van der Waals surface area contributed by atoms with Gasteiger partial charge in [-0.1, -0.05) is 75.7 Å². The molecule has 4 atom stereocenters. The topological polar surface area (TPSA) is 26.3 Å². The van der Waals surface area contributed by atoms with Crippen LogP contribution in [0.3, 0.4) is 0 Å². The molecule has 2 aromatic carbocycles. The van der Waals surface area contributed by atoms with E-state index in [2.05, 4.69) is 20.8 Å². The van der Waals surface area contributed by atoms with Gasteiger partial charge in [0.15, 0.2) is 0 Å². The maximum Gasteiger partial charge on any atom is 0.236 e. The van der Waals surface area contributed by atoms with Crippen molar-refractivity contribution in [2.45, 2.75) is 52.3 Å². The van der Waals surface area contributed by atoms with Crippen molar-refractivity contribution in [2.75, 3.05) is 0 Å². The van der Waals surface area contributed by atoms with Crippen LogP contribution < -0.4 is 5.30 Å². The Balaban J connectivity index is 1.91. The van der Waals surface area contributed by atoms with Crippen LogP contribution in [0.5, 0.6) is 0 Å². The fourth-order valence-electron chi connectivity index (χ4n) is 4.12. The summed E-state index contributed by atoms with van der Waals surface area (Å²) in [7, 11) is -2.97. The van der Waals surface area contributed by atoms with Gasteiger partial charge in [-0.05, 0) is 48.3 Å².